The van der Waals surface area contributed by atoms with Gasteiger partial charge in [0.05, 0.1) is 6.61 Å². The zero-order chi connectivity index (χ0) is 11.9. The molecule has 0 atom stereocenters. The Labute approximate surface area is 100 Å². The lowest BCUT2D eigenvalue weighted by Gasteiger charge is -1.97. The van der Waals surface area contributed by atoms with Gasteiger partial charge in [0.1, 0.15) is 0 Å². The average molecular weight is 226 g/mol. The van der Waals surface area contributed by atoms with Crippen LogP contribution in [0.15, 0.2) is 12.2 Å². The number of hydrogen-bond acceptors (Lipinski definition) is 2. The van der Waals surface area contributed by atoms with Gasteiger partial charge in [0.15, 0.2) is 0 Å². The first-order chi connectivity index (χ1) is 7.91. The van der Waals surface area contributed by atoms with E-state index in [1.54, 1.807) is 0 Å². The van der Waals surface area contributed by atoms with Gasteiger partial charge < -0.3 is 4.74 Å². The summed E-state index contributed by atoms with van der Waals surface area (Å²) in [5.74, 6) is 0. The Balaban J connectivity index is 3.00. The van der Waals surface area contributed by atoms with E-state index in [0.717, 1.165) is 19.3 Å². The third-order valence-corrected chi connectivity index (χ3v) is 2.59. The van der Waals surface area contributed by atoms with E-state index < -0.39 is 0 Å². The Morgan fingerprint density at radius 3 is 2.06 bits per heavy atom. The Kier molecular flexibility index (Phi) is 13.5. The summed E-state index contributed by atoms with van der Waals surface area (Å²) in [4.78, 5) is 9.85. The molecule has 0 aliphatic carbocycles. The highest BCUT2D eigenvalue weighted by Crippen LogP contribution is 2.05. The molecule has 0 saturated carbocycles. The largest absolute Gasteiger partial charge is 0.468 e. The first-order valence-electron chi connectivity index (χ1n) is 6.62. The van der Waals surface area contributed by atoms with Crippen molar-refractivity contribution in [3.63, 3.8) is 0 Å². The van der Waals surface area contributed by atoms with Gasteiger partial charge in [-0.05, 0) is 38.5 Å². The third kappa shape index (κ3) is 13.2. The van der Waals surface area contributed by atoms with E-state index in [4.69, 9.17) is 0 Å². The molecule has 0 aromatic carbocycles. The molecule has 0 amide bonds. The van der Waals surface area contributed by atoms with Gasteiger partial charge in [-0.15, -0.1) is 0 Å². The number of allylic oxidation sites excluding steroid dienone is 2. The standard InChI is InChI=1S/C14H26O2/c1-2-3-4-5-6-7-8-9-10-11-12-13-16-14-15/h7-8,14H,2-6,9-13H2,1H3/b8-7-. The Bertz CT molecular complexity index is 164. The maximum absolute atomic E-state index is 9.85. The molecule has 0 spiro atoms. The third-order valence-electron chi connectivity index (χ3n) is 2.59. The van der Waals surface area contributed by atoms with E-state index in [0.29, 0.717) is 13.1 Å². The van der Waals surface area contributed by atoms with Crippen molar-refractivity contribution in [2.24, 2.45) is 0 Å². The van der Waals surface area contributed by atoms with E-state index >= 15 is 0 Å². The van der Waals surface area contributed by atoms with Gasteiger partial charge in [0, 0.05) is 0 Å². The molecule has 0 fully saturated rings. The van der Waals surface area contributed by atoms with Crippen LogP contribution in [0.1, 0.15) is 64.7 Å². The maximum atomic E-state index is 9.85. The molecule has 0 heterocycles. The lowest BCUT2D eigenvalue weighted by Crippen LogP contribution is -1.90. The highest BCUT2D eigenvalue weighted by atomic mass is 16.5. The fourth-order valence-corrected chi connectivity index (χ4v) is 1.60. The number of carbonyl (C=O) groups is 1. The van der Waals surface area contributed by atoms with Gasteiger partial charge in [-0.25, -0.2) is 0 Å². The van der Waals surface area contributed by atoms with Gasteiger partial charge >= 0.3 is 0 Å². The molecule has 0 aliphatic heterocycles. The minimum atomic E-state index is 0.524. The topological polar surface area (TPSA) is 26.3 Å². The van der Waals surface area contributed by atoms with Crippen LogP contribution in [0.3, 0.4) is 0 Å². The van der Waals surface area contributed by atoms with Crippen LogP contribution in [0.25, 0.3) is 0 Å². The fraction of sp³-hybridized carbons (Fsp3) is 0.786. The number of rotatable bonds is 12. The van der Waals surface area contributed by atoms with Crippen molar-refractivity contribution >= 4 is 6.47 Å². The second-order valence-electron chi connectivity index (χ2n) is 4.14. The monoisotopic (exact) mass is 226 g/mol. The van der Waals surface area contributed by atoms with Crippen molar-refractivity contribution in [2.45, 2.75) is 64.7 Å². The fourth-order valence-electron chi connectivity index (χ4n) is 1.60. The van der Waals surface area contributed by atoms with Crippen molar-refractivity contribution in [2.75, 3.05) is 6.61 Å². The molecular weight excluding hydrogens is 200 g/mol. The van der Waals surface area contributed by atoms with Crippen LogP contribution in [-0.2, 0) is 9.53 Å². The first-order valence-corrected chi connectivity index (χ1v) is 6.62. The number of unbranched alkanes of at least 4 members (excludes halogenated alkanes) is 7. The summed E-state index contributed by atoms with van der Waals surface area (Å²) in [6.45, 7) is 3.34. The molecule has 0 aromatic rings. The summed E-state index contributed by atoms with van der Waals surface area (Å²) in [5.41, 5.74) is 0. The predicted octanol–water partition coefficient (Wildman–Crippen LogP) is 4.25. The minimum absolute atomic E-state index is 0.524. The molecule has 16 heavy (non-hydrogen) atoms. The first kappa shape index (κ1) is 15.2. The van der Waals surface area contributed by atoms with Gasteiger partial charge in [0.2, 0.25) is 0 Å². The molecule has 0 radical (unpaired) electrons. The summed E-state index contributed by atoms with van der Waals surface area (Å²) in [6, 6.07) is 0. The van der Waals surface area contributed by atoms with Gasteiger partial charge in [-0.2, -0.15) is 0 Å². The van der Waals surface area contributed by atoms with Gasteiger partial charge in [0.25, 0.3) is 6.47 Å². The van der Waals surface area contributed by atoms with E-state index in [9.17, 15) is 4.79 Å². The molecule has 0 aromatic heterocycles. The molecular formula is C14H26O2. The molecule has 0 saturated heterocycles. The summed E-state index contributed by atoms with van der Waals surface area (Å²) < 4.78 is 4.62. The molecule has 94 valence electrons. The smallest absolute Gasteiger partial charge is 0.293 e. The molecule has 0 bridgehead atoms. The SMILES string of the molecule is CCCCCC/C=C\CCCCCOC=O. The molecule has 0 N–H and O–H groups in total. The van der Waals surface area contributed by atoms with Gasteiger partial charge in [-0.3, -0.25) is 4.79 Å². The second-order valence-corrected chi connectivity index (χ2v) is 4.14. The average Bonchev–Trinajstić information content (AvgIpc) is 2.31. The van der Waals surface area contributed by atoms with Crippen LogP contribution in [0.5, 0.6) is 0 Å². The Hall–Kier alpha value is -0.790. The highest BCUT2D eigenvalue weighted by Gasteiger charge is 1.88. The van der Waals surface area contributed by atoms with Crippen LogP contribution in [0, 0.1) is 0 Å². The zero-order valence-corrected chi connectivity index (χ0v) is 10.6. The van der Waals surface area contributed by atoms with Crippen LogP contribution in [0.2, 0.25) is 0 Å². The number of carbonyl (C=O) groups excluding carboxylic acids is 1. The lowest BCUT2D eigenvalue weighted by molar-refractivity contribution is -0.128. The summed E-state index contributed by atoms with van der Waals surface area (Å²) >= 11 is 0. The van der Waals surface area contributed by atoms with Crippen LogP contribution < -0.4 is 0 Å². The second kappa shape index (κ2) is 14.2. The normalized spacial score (nSPS) is 10.8. The van der Waals surface area contributed by atoms with Crippen molar-refractivity contribution < 1.29 is 9.53 Å². The molecule has 2 heteroatoms. The molecule has 0 rings (SSSR count). The molecule has 2 nitrogen and oxygen atoms in total. The predicted molar refractivity (Wildman–Crippen MR) is 68.4 cm³/mol. The molecule has 0 unspecified atom stereocenters. The summed E-state index contributed by atoms with van der Waals surface area (Å²) in [6.07, 6.45) is 15.7. The van der Waals surface area contributed by atoms with Crippen molar-refractivity contribution in [3.05, 3.63) is 12.2 Å². The Morgan fingerprint density at radius 2 is 1.50 bits per heavy atom. The van der Waals surface area contributed by atoms with Crippen molar-refractivity contribution in [1.82, 2.24) is 0 Å². The maximum Gasteiger partial charge on any atom is 0.293 e. The number of hydrogen-bond donors (Lipinski definition) is 0. The quantitative estimate of drug-likeness (QED) is 0.282. The Morgan fingerprint density at radius 1 is 0.875 bits per heavy atom. The molecule has 0 aliphatic rings. The highest BCUT2D eigenvalue weighted by molar-refractivity contribution is 5.36. The van der Waals surface area contributed by atoms with Gasteiger partial charge in [-0.1, -0.05) is 38.3 Å². The lowest BCUT2D eigenvalue weighted by atomic mass is 10.1. The number of ether oxygens (including phenoxy) is 1. The zero-order valence-electron chi connectivity index (χ0n) is 10.6. The van der Waals surface area contributed by atoms with Crippen LogP contribution in [-0.4, -0.2) is 13.1 Å². The van der Waals surface area contributed by atoms with Crippen molar-refractivity contribution in [1.29, 1.82) is 0 Å². The minimum Gasteiger partial charge on any atom is -0.468 e. The summed E-state index contributed by atoms with van der Waals surface area (Å²) in [7, 11) is 0. The van der Waals surface area contributed by atoms with E-state index in [1.165, 1.54) is 38.5 Å². The van der Waals surface area contributed by atoms with E-state index in [-0.39, 0.29) is 0 Å². The summed E-state index contributed by atoms with van der Waals surface area (Å²) in [5, 5.41) is 0. The van der Waals surface area contributed by atoms with E-state index in [1.807, 2.05) is 0 Å². The van der Waals surface area contributed by atoms with Crippen molar-refractivity contribution in [3.8, 4) is 0 Å². The van der Waals surface area contributed by atoms with Crippen LogP contribution in [0.4, 0.5) is 0 Å². The van der Waals surface area contributed by atoms with Crippen LogP contribution >= 0.6 is 0 Å². The van der Waals surface area contributed by atoms with E-state index in [2.05, 4.69) is 23.8 Å².